The normalized spacial score (nSPS) is 19.5. The summed E-state index contributed by atoms with van der Waals surface area (Å²) in [4.78, 5) is 8.88. The van der Waals surface area contributed by atoms with Crippen molar-refractivity contribution in [2.45, 2.75) is 25.9 Å². The smallest absolute Gasteiger partial charge is 0.133 e. The van der Waals surface area contributed by atoms with Gasteiger partial charge in [0.25, 0.3) is 0 Å². The molecule has 1 saturated heterocycles. The minimum atomic E-state index is 0.255. The van der Waals surface area contributed by atoms with Gasteiger partial charge in [0.15, 0.2) is 0 Å². The van der Waals surface area contributed by atoms with Gasteiger partial charge in [-0.05, 0) is 12.5 Å². The molecule has 1 fully saturated rings. The summed E-state index contributed by atoms with van der Waals surface area (Å²) in [6, 6.07) is 4.27. The molecule has 0 bridgehead atoms. The van der Waals surface area contributed by atoms with Crippen LogP contribution < -0.4 is 0 Å². The van der Waals surface area contributed by atoms with Gasteiger partial charge in [0, 0.05) is 50.5 Å². The lowest BCUT2D eigenvalue weighted by Crippen LogP contribution is -2.50. The molecule has 1 unspecified atom stereocenters. The summed E-state index contributed by atoms with van der Waals surface area (Å²) in [6.07, 6.45) is 2.72. The molecule has 0 spiro atoms. The minimum Gasteiger partial charge on any atom is -0.395 e. The van der Waals surface area contributed by atoms with Gasteiger partial charge in [0.2, 0.25) is 0 Å². The number of aliphatic hydroxyl groups excluding tert-OH is 1. The van der Waals surface area contributed by atoms with Crippen molar-refractivity contribution in [1.82, 2.24) is 14.8 Å². The average Bonchev–Trinajstić information content (AvgIpc) is 2.44. The van der Waals surface area contributed by atoms with Crippen molar-refractivity contribution in [3.05, 3.63) is 29.0 Å². The number of pyridine rings is 1. The number of halogens is 1. The zero-order valence-corrected chi connectivity index (χ0v) is 12.2. The molecule has 19 heavy (non-hydrogen) atoms. The Morgan fingerprint density at radius 3 is 2.68 bits per heavy atom. The Morgan fingerprint density at radius 1 is 1.37 bits per heavy atom. The van der Waals surface area contributed by atoms with Gasteiger partial charge in [0.1, 0.15) is 5.15 Å². The van der Waals surface area contributed by atoms with Gasteiger partial charge in [0.05, 0.1) is 6.61 Å². The third-order valence-electron chi connectivity index (χ3n) is 3.84. The Morgan fingerprint density at radius 2 is 2.11 bits per heavy atom. The molecule has 0 aromatic carbocycles. The van der Waals surface area contributed by atoms with Crippen molar-refractivity contribution in [1.29, 1.82) is 0 Å². The predicted octanol–water partition coefficient (Wildman–Crippen LogP) is 1.62. The lowest BCUT2D eigenvalue weighted by Gasteiger charge is -2.38. The van der Waals surface area contributed by atoms with Crippen molar-refractivity contribution in [2.75, 3.05) is 32.8 Å². The molecule has 5 heteroatoms. The fourth-order valence-electron chi connectivity index (χ4n) is 2.57. The van der Waals surface area contributed by atoms with Crippen LogP contribution in [0.5, 0.6) is 0 Å². The summed E-state index contributed by atoms with van der Waals surface area (Å²) in [6.45, 7) is 7.29. The molecule has 0 saturated carbocycles. The maximum absolute atomic E-state index is 9.33. The van der Waals surface area contributed by atoms with Crippen LogP contribution in [0.2, 0.25) is 5.15 Å². The van der Waals surface area contributed by atoms with E-state index in [4.69, 9.17) is 11.6 Å². The summed E-state index contributed by atoms with van der Waals surface area (Å²) in [5.41, 5.74) is 1.09. The van der Waals surface area contributed by atoms with Crippen molar-refractivity contribution in [3.8, 4) is 0 Å². The highest BCUT2D eigenvalue weighted by atomic mass is 35.5. The monoisotopic (exact) mass is 283 g/mol. The van der Waals surface area contributed by atoms with E-state index in [2.05, 4.69) is 21.7 Å². The molecule has 2 rings (SSSR count). The van der Waals surface area contributed by atoms with E-state index in [-0.39, 0.29) is 6.61 Å². The van der Waals surface area contributed by atoms with Crippen LogP contribution in [-0.4, -0.2) is 58.7 Å². The molecular weight excluding hydrogens is 262 g/mol. The van der Waals surface area contributed by atoms with E-state index in [9.17, 15) is 5.11 Å². The number of aliphatic hydroxyl groups is 1. The molecule has 1 atom stereocenters. The van der Waals surface area contributed by atoms with Crippen molar-refractivity contribution in [2.24, 2.45) is 0 Å². The Kier molecular flexibility index (Phi) is 5.58. The van der Waals surface area contributed by atoms with Gasteiger partial charge in [-0.3, -0.25) is 9.80 Å². The number of rotatable bonds is 5. The number of hydrogen-bond acceptors (Lipinski definition) is 4. The first-order valence-corrected chi connectivity index (χ1v) is 7.29. The maximum Gasteiger partial charge on any atom is 0.133 e. The van der Waals surface area contributed by atoms with Crippen LogP contribution in [0.4, 0.5) is 0 Å². The number of aromatic nitrogens is 1. The van der Waals surface area contributed by atoms with Gasteiger partial charge < -0.3 is 5.11 Å². The fourth-order valence-corrected chi connectivity index (χ4v) is 2.75. The van der Waals surface area contributed by atoms with Gasteiger partial charge in [-0.15, -0.1) is 0 Å². The number of piperazine rings is 1. The minimum absolute atomic E-state index is 0.255. The summed E-state index contributed by atoms with van der Waals surface area (Å²) in [5.74, 6) is 0. The zero-order chi connectivity index (χ0) is 13.7. The van der Waals surface area contributed by atoms with Crippen molar-refractivity contribution < 1.29 is 5.11 Å². The third-order valence-corrected chi connectivity index (χ3v) is 4.18. The van der Waals surface area contributed by atoms with Crippen LogP contribution in [0.25, 0.3) is 0 Å². The fraction of sp³-hybridized carbons (Fsp3) is 0.643. The van der Waals surface area contributed by atoms with E-state index in [1.54, 1.807) is 6.20 Å². The topological polar surface area (TPSA) is 39.6 Å². The Balaban J connectivity index is 1.85. The van der Waals surface area contributed by atoms with Gasteiger partial charge in [-0.1, -0.05) is 24.6 Å². The summed E-state index contributed by atoms with van der Waals surface area (Å²) in [7, 11) is 0. The first-order valence-electron chi connectivity index (χ1n) is 6.91. The molecule has 1 aromatic heterocycles. The summed E-state index contributed by atoms with van der Waals surface area (Å²) < 4.78 is 0. The lowest BCUT2D eigenvalue weighted by molar-refractivity contribution is 0.0608. The lowest BCUT2D eigenvalue weighted by atomic mass is 10.1. The van der Waals surface area contributed by atoms with Crippen LogP contribution in [-0.2, 0) is 6.54 Å². The molecular formula is C14H22ClN3O. The third kappa shape index (κ3) is 3.89. The van der Waals surface area contributed by atoms with Crippen LogP contribution in [0.3, 0.4) is 0 Å². The van der Waals surface area contributed by atoms with Gasteiger partial charge >= 0.3 is 0 Å². The Labute approximate surface area is 120 Å². The van der Waals surface area contributed by atoms with E-state index < -0.39 is 0 Å². The second-order valence-corrected chi connectivity index (χ2v) is 5.37. The summed E-state index contributed by atoms with van der Waals surface area (Å²) in [5, 5.41) is 9.94. The molecule has 0 aliphatic carbocycles. The quantitative estimate of drug-likeness (QED) is 0.834. The van der Waals surface area contributed by atoms with Crippen LogP contribution in [0.15, 0.2) is 18.3 Å². The highest BCUT2D eigenvalue weighted by Gasteiger charge is 2.22. The standard InChI is InChI=1S/C14H22ClN3O/c1-2-13(11-19)18-8-6-17(7-9-18)10-12-4-3-5-16-14(12)15/h3-5,13,19H,2,6-11H2,1H3. The Hall–Kier alpha value is -0.680. The van der Waals surface area contributed by atoms with Crippen molar-refractivity contribution >= 4 is 11.6 Å². The first-order chi connectivity index (χ1) is 9.24. The van der Waals surface area contributed by atoms with E-state index in [1.165, 1.54) is 0 Å². The van der Waals surface area contributed by atoms with Gasteiger partial charge in [-0.25, -0.2) is 4.98 Å². The summed E-state index contributed by atoms with van der Waals surface area (Å²) >= 11 is 6.09. The predicted molar refractivity (Wildman–Crippen MR) is 77.3 cm³/mol. The van der Waals surface area contributed by atoms with E-state index >= 15 is 0 Å². The van der Waals surface area contributed by atoms with E-state index in [0.717, 1.165) is 44.7 Å². The van der Waals surface area contributed by atoms with E-state index in [0.29, 0.717) is 11.2 Å². The van der Waals surface area contributed by atoms with Crippen LogP contribution >= 0.6 is 11.6 Å². The second kappa shape index (κ2) is 7.20. The van der Waals surface area contributed by atoms with Crippen LogP contribution in [0, 0.1) is 0 Å². The molecule has 4 nitrogen and oxygen atoms in total. The average molecular weight is 284 g/mol. The van der Waals surface area contributed by atoms with Gasteiger partial charge in [-0.2, -0.15) is 0 Å². The first kappa shape index (κ1) is 14.7. The highest BCUT2D eigenvalue weighted by Crippen LogP contribution is 2.16. The Bertz CT molecular complexity index is 390. The molecule has 1 aliphatic rings. The number of nitrogens with zero attached hydrogens (tertiary/aromatic N) is 3. The van der Waals surface area contributed by atoms with Crippen LogP contribution in [0.1, 0.15) is 18.9 Å². The number of hydrogen-bond donors (Lipinski definition) is 1. The molecule has 1 aromatic rings. The van der Waals surface area contributed by atoms with E-state index in [1.807, 2.05) is 12.1 Å². The molecule has 106 valence electrons. The molecule has 1 N–H and O–H groups in total. The SMILES string of the molecule is CCC(CO)N1CCN(Cc2cccnc2Cl)CC1. The highest BCUT2D eigenvalue weighted by molar-refractivity contribution is 6.30. The molecule has 2 heterocycles. The largest absolute Gasteiger partial charge is 0.395 e. The second-order valence-electron chi connectivity index (χ2n) is 5.01. The van der Waals surface area contributed by atoms with Crippen molar-refractivity contribution in [3.63, 3.8) is 0 Å². The molecule has 0 amide bonds. The zero-order valence-electron chi connectivity index (χ0n) is 11.4. The molecule has 0 radical (unpaired) electrons. The molecule has 1 aliphatic heterocycles. The maximum atomic E-state index is 9.33.